The molecule has 7 heteroatoms. The summed E-state index contributed by atoms with van der Waals surface area (Å²) in [6, 6.07) is 15.0. The third kappa shape index (κ3) is 5.85. The first-order valence-corrected chi connectivity index (χ1v) is 10.2. The minimum absolute atomic E-state index is 0.0474. The number of aromatic amines is 1. The largest absolute Gasteiger partial charge is 0.467 e. The maximum atomic E-state index is 12.9. The summed E-state index contributed by atoms with van der Waals surface area (Å²) in [5.41, 5.74) is 1.60. The molecule has 1 aromatic carbocycles. The molecule has 3 rings (SSSR count). The van der Waals surface area contributed by atoms with Crippen LogP contribution >= 0.6 is 11.8 Å². The number of aryl methyl sites for hydroxylation is 1. The van der Waals surface area contributed by atoms with Gasteiger partial charge in [-0.05, 0) is 24.1 Å². The molecule has 0 aliphatic carbocycles. The van der Waals surface area contributed by atoms with Gasteiger partial charge in [0.05, 0.1) is 18.6 Å². The summed E-state index contributed by atoms with van der Waals surface area (Å²) in [6.07, 6.45) is 3.25. The molecule has 3 aromatic rings. The Hall–Kier alpha value is -2.80. The SMILES string of the molecule is CCCc1cc(=O)[nH]c(SCC(=O)N(Cc2ccccc2)Cc2ccco2)n1. The molecule has 0 fully saturated rings. The fraction of sp³-hybridized carbons (Fsp3) is 0.286. The maximum Gasteiger partial charge on any atom is 0.251 e. The number of hydrogen-bond acceptors (Lipinski definition) is 5. The van der Waals surface area contributed by atoms with Gasteiger partial charge >= 0.3 is 0 Å². The van der Waals surface area contributed by atoms with Crippen LogP contribution in [0.3, 0.4) is 0 Å². The number of aromatic nitrogens is 2. The first kappa shape index (κ1) is 19.9. The van der Waals surface area contributed by atoms with Gasteiger partial charge in [-0.2, -0.15) is 0 Å². The molecule has 0 saturated carbocycles. The Bertz CT molecular complexity index is 939. The lowest BCUT2D eigenvalue weighted by atomic mass is 10.2. The van der Waals surface area contributed by atoms with E-state index in [0.717, 1.165) is 29.9 Å². The molecule has 1 amide bonds. The van der Waals surface area contributed by atoms with Crippen LogP contribution in [0.1, 0.15) is 30.4 Å². The third-order valence-electron chi connectivity index (χ3n) is 4.11. The number of hydrogen-bond donors (Lipinski definition) is 1. The first-order chi connectivity index (χ1) is 13.6. The van der Waals surface area contributed by atoms with Gasteiger partial charge in [0.25, 0.3) is 5.56 Å². The van der Waals surface area contributed by atoms with Crippen LogP contribution in [0.15, 0.2) is 69.2 Å². The average Bonchev–Trinajstić information content (AvgIpc) is 3.19. The van der Waals surface area contributed by atoms with E-state index in [1.165, 1.54) is 17.8 Å². The van der Waals surface area contributed by atoms with E-state index in [1.54, 1.807) is 11.2 Å². The summed E-state index contributed by atoms with van der Waals surface area (Å²) in [5.74, 6) is 0.867. The molecule has 146 valence electrons. The van der Waals surface area contributed by atoms with Crippen LogP contribution in [-0.2, 0) is 24.3 Å². The van der Waals surface area contributed by atoms with Gasteiger partial charge in [0.1, 0.15) is 5.76 Å². The molecule has 0 atom stereocenters. The Morgan fingerprint density at radius 3 is 2.71 bits per heavy atom. The van der Waals surface area contributed by atoms with Gasteiger partial charge in [0.15, 0.2) is 5.16 Å². The van der Waals surface area contributed by atoms with Crippen molar-refractivity contribution in [2.45, 2.75) is 38.0 Å². The lowest BCUT2D eigenvalue weighted by molar-refractivity contribution is -0.129. The number of carbonyl (C=O) groups excluding carboxylic acids is 1. The van der Waals surface area contributed by atoms with E-state index in [0.29, 0.717) is 18.2 Å². The normalized spacial score (nSPS) is 10.8. The van der Waals surface area contributed by atoms with Gasteiger partial charge in [-0.25, -0.2) is 4.98 Å². The summed E-state index contributed by atoms with van der Waals surface area (Å²) in [7, 11) is 0. The quantitative estimate of drug-likeness (QED) is 0.440. The topological polar surface area (TPSA) is 79.2 Å². The molecule has 6 nitrogen and oxygen atoms in total. The second-order valence-electron chi connectivity index (χ2n) is 6.40. The highest BCUT2D eigenvalue weighted by Gasteiger charge is 2.17. The van der Waals surface area contributed by atoms with Crippen molar-refractivity contribution >= 4 is 17.7 Å². The number of carbonyl (C=O) groups is 1. The fourth-order valence-electron chi connectivity index (χ4n) is 2.78. The van der Waals surface area contributed by atoms with E-state index in [9.17, 15) is 9.59 Å². The molecule has 0 spiro atoms. The minimum atomic E-state index is -0.190. The predicted molar refractivity (Wildman–Crippen MR) is 109 cm³/mol. The van der Waals surface area contributed by atoms with Crippen molar-refractivity contribution in [1.82, 2.24) is 14.9 Å². The van der Waals surface area contributed by atoms with Gasteiger partial charge in [0, 0.05) is 18.3 Å². The van der Waals surface area contributed by atoms with Gasteiger partial charge in [-0.1, -0.05) is 55.4 Å². The third-order valence-corrected chi connectivity index (χ3v) is 4.97. The van der Waals surface area contributed by atoms with Crippen LogP contribution in [0.25, 0.3) is 0 Å². The predicted octanol–water partition coefficient (Wildman–Crippen LogP) is 3.64. The zero-order chi connectivity index (χ0) is 19.8. The average molecular weight is 398 g/mol. The molecule has 2 heterocycles. The number of H-pyrrole nitrogens is 1. The molecule has 2 aromatic heterocycles. The number of nitrogens with one attached hydrogen (secondary N) is 1. The molecule has 0 aliphatic rings. The number of rotatable bonds is 9. The van der Waals surface area contributed by atoms with Crippen LogP contribution in [0.5, 0.6) is 0 Å². The molecule has 0 saturated heterocycles. The summed E-state index contributed by atoms with van der Waals surface area (Å²) < 4.78 is 5.41. The zero-order valence-electron chi connectivity index (χ0n) is 15.8. The fourth-order valence-corrected chi connectivity index (χ4v) is 3.58. The van der Waals surface area contributed by atoms with Gasteiger partial charge in [-0.15, -0.1) is 0 Å². The zero-order valence-corrected chi connectivity index (χ0v) is 16.6. The number of benzene rings is 1. The summed E-state index contributed by atoms with van der Waals surface area (Å²) in [6.45, 7) is 2.91. The van der Waals surface area contributed by atoms with Crippen molar-refractivity contribution in [3.63, 3.8) is 0 Å². The number of amides is 1. The van der Waals surface area contributed by atoms with Gasteiger partial charge in [0.2, 0.25) is 5.91 Å². The van der Waals surface area contributed by atoms with Gasteiger partial charge in [-0.3, -0.25) is 9.59 Å². The van der Waals surface area contributed by atoms with Crippen molar-refractivity contribution in [3.05, 3.63) is 82.2 Å². The van der Waals surface area contributed by atoms with Crippen LogP contribution < -0.4 is 5.56 Å². The summed E-state index contributed by atoms with van der Waals surface area (Å²) in [5, 5.41) is 0.474. The Morgan fingerprint density at radius 2 is 2.00 bits per heavy atom. The molecule has 0 bridgehead atoms. The van der Waals surface area contributed by atoms with Crippen molar-refractivity contribution in [3.8, 4) is 0 Å². The van der Waals surface area contributed by atoms with Crippen LogP contribution in [0.4, 0.5) is 0 Å². The van der Waals surface area contributed by atoms with Crippen molar-refractivity contribution in [1.29, 1.82) is 0 Å². The van der Waals surface area contributed by atoms with Crippen molar-refractivity contribution in [2.24, 2.45) is 0 Å². The molecule has 0 aliphatic heterocycles. The Morgan fingerprint density at radius 1 is 1.18 bits per heavy atom. The lowest BCUT2D eigenvalue weighted by Gasteiger charge is -2.21. The highest BCUT2D eigenvalue weighted by atomic mass is 32.2. The van der Waals surface area contributed by atoms with E-state index in [-0.39, 0.29) is 17.2 Å². The van der Waals surface area contributed by atoms with E-state index < -0.39 is 0 Å². The van der Waals surface area contributed by atoms with Crippen LogP contribution in [0, 0.1) is 0 Å². The molecular formula is C21H23N3O3S. The number of furan rings is 1. The monoisotopic (exact) mass is 397 g/mol. The Balaban J connectivity index is 1.69. The molecule has 1 N–H and O–H groups in total. The van der Waals surface area contributed by atoms with E-state index in [1.807, 2.05) is 49.4 Å². The standard InChI is InChI=1S/C21H23N3O3S/c1-2-7-17-12-19(25)23-21(22-17)28-15-20(26)24(14-18-10-6-11-27-18)13-16-8-4-3-5-9-16/h3-6,8-12H,2,7,13-15H2,1H3,(H,22,23,25). The van der Waals surface area contributed by atoms with Crippen LogP contribution in [0.2, 0.25) is 0 Å². The molecular weight excluding hydrogens is 374 g/mol. The van der Waals surface area contributed by atoms with E-state index in [4.69, 9.17) is 4.42 Å². The maximum absolute atomic E-state index is 12.9. The summed E-state index contributed by atoms with van der Waals surface area (Å²) in [4.78, 5) is 33.6. The smallest absolute Gasteiger partial charge is 0.251 e. The molecule has 0 radical (unpaired) electrons. The second-order valence-corrected chi connectivity index (χ2v) is 7.36. The highest BCUT2D eigenvalue weighted by Crippen LogP contribution is 2.16. The van der Waals surface area contributed by atoms with Gasteiger partial charge < -0.3 is 14.3 Å². The molecule has 28 heavy (non-hydrogen) atoms. The number of nitrogens with zero attached hydrogens (tertiary/aromatic N) is 2. The molecule has 0 unspecified atom stereocenters. The van der Waals surface area contributed by atoms with Crippen molar-refractivity contribution in [2.75, 3.05) is 5.75 Å². The van der Waals surface area contributed by atoms with E-state index >= 15 is 0 Å². The highest BCUT2D eigenvalue weighted by molar-refractivity contribution is 7.99. The number of thioether (sulfide) groups is 1. The lowest BCUT2D eigenvalue weighted by Crippen LogP contribution is -2.31. The Kier molecular flexibility index (Phi) is 7.08. The summed E-state index contributed by atoms with van der Waals surface area (Å²) >= 11 is 1.25. The van der Waals surface area contributed by atoms with E-state index in [2.05, 4.69) is 9.97 Å². The Labute approximate surface area is 168 Å². The minimum Gasteiger partial charge on any atom is -0.467 e. The first-order valence-electron chi connectivity index (χ1n) is 9.21. The van der Waals surface area contributed by atoms with Crippen LogP contribution in [-0.4, -0.2) is 26.5 Å². The van der Waals surface area contributed by atoms with Crippen molar-refractivity contribution < 1.29 is 9.21 Å². The second kappa shape index (κ2) is 9.94.